The third-order valence-corrected chi connectivity index (χ3v) is 4.04. The Bertz CT molecular complexity index is 736. The number of piperazine rings is 1. The van der Waals surface area contributed by atoms with E-state index in [0.29, 0.717) is 18.8 Å². The van der Waals surface area contributed by atoms with Gasteiger partial charge in [-0.05, 0) is 23.8 Å². The highest BCUT2D eigenvalue weighted by Gasteiger charge is 2.28. The molecule has 0 bridgehead atoms. The number of nitro benzene ring substituents is 1. The molecule has 8 nitrogen and oxygen atoms in total. The molecule has 130 valence electrons. The van der Waals surface area contributed by atoms with Crippen LogP contribution in [0.25, 0.3) is 0 Å². The molecule has 1 aliphatic heterocycles. The van der Waals surface area contributed by atoms with Crippen LogP contribution in [0.1, 0.15) is 11.6 Å². The first-order valence-corrected chi connectivity index (χ1v) is 7.92. The summed E-state index contributed by atoms with van der Waals surface area (Å²) in [5.41, 5.74) is 0.954. The molecular weight excluding hydrogens is 324 g/mol. The Kier molecular flexibility index (Phi) is 5.20. The van der Waals surface area contributed by atoms with Gasteiger partial charge in [0.15, 0.2) is 6.61 Å². The number of pyridine rings is 1. The average molecular weight is 342 g/mol. The minimum atomic E-state index is -0.478. The number of carbonyl (C=O) groups excluding carboxylic acids is 1. The highest BCUT2D eigenvalue weighted by atomic mass is 16.6. The summed E-state index contributed by atoms with van der Waals surface area (Å²) in [4.78, 5) is 28.6. The summed E-state index contributed by atoms with van der Waals surface area (Å²) in [6, 6.07) is 9.38. The summed E-state index contributed by atoms with van der Waals surface area (Å²) in [6.45, 7) is 1.85. The Morgan fingerprint density at radius 1 is 1.36 bits per heavy atom. The molecule has 25 heavy (non-hydrogen) atoms. The zero-order valence-electron chi connectivity index (χ0n) is 13.5. The second-order valence-corrected chi connectivity index (χ2v) is 5.63. The van der Waals surface area contributed by atoms with Gasteiger partial charge in [0, 0.05) is 44.2 Å². The van der Waals surface area contributed by atoms with Crippen molar-refractivity contribution in [2.24, 2.45) is 0 Å². The average Bonchev–Trinajstić information content (AvgIpc) is 2.67. The van der Waals surface area contributed by atoms with Crippen LogP contribution in [0.4, 0.5) is 5.69 Å². The van der Waals surface area contributed by atoms with Gasteiger partial charge in [-0.3, -0.25) is 19.9 Å². The van der Waals surface area contributed by atoms with Gasteiger partial charge >= 0.3 is 0 Å². The van der Waals surface area contributed by atoms with Crippen LogP contribution in [-0.2, 0) is 4.79 Å². The van der Waals surface area contributed by atoms with E-state index < -0.39 is 4.92 Å². The van der Waals surface area contributed by atoms with Crippen LogP contribution in [-0.4, -0.2) is 47.0 Å². The minimum Gasteiger partial charge on any atom is -0.484 e. The number of non-ortho nitro benzene ring substituents is 1. The molecule has 1 atom stereocenters. The second kappa shape index (κ2) is 7.71. The lowest BCUT2D eigenvalue weighted by molar-refractivity contribution is -0.384. The van der Waals surface area contributed by atoms with Crippen molar-refractivity contribution in [1.82, 2.24) is 15.2 Å². The van der Waals surface area contributed by atoms with E-state index in [9.17, 15) is 14.9 Å². The number of aromatic nitrogens is 1. The van der Waals surface area contributed by atoms with E-state index in [0.717, 1.165) is 12.1 Å². The largest absolute Gasteiger partial charge is 0.484 e. The molecule has 0 saturated carbocycles. The maximum Gasteiger partial charge on any atom is 0.269 e. The van der Waals surface area contributed by atoms with Gasteiger partial charge in [0.2, 0.25) is 0 Å². The van der Waals surface area contributed by atoms with Crippen molar-refractivity contribution in [3.63, 3.8) is 0 Å². The maximum absolute atomic E-state index is 12.6. The van der Waals surface area contributed by atoms with E-state index in [-0.39, 0.29) is 24.2 Å². The number of hydrogen-bond donors (Lipinski definition) is 1. The number of amides is 1. The molecule has 1 amide bonds. The lowest BCUT2D eigenvalue weighted by Gasteiger charge is -2.36. The lowest BCUT2D eigenvalue weighted by Crippen LogP contribution is -2.50. The summed E-state index contributed by atoms with van der Waals surface area (Å²) < 4.78 is 5.49. The quantitative estimate of drug-likeness (QED) is 0.654. The number of benzene rings is 1. The molecule has 1 unspecified atom stereocenters. The number of rotatable bonds is 5. The molecule has 1 N–H and O–H groups in total. The van der Waals surface area contributed by atoms with Crippen LogP contribution >= 0.6 is 0 Å². The van der Waals surface area contributed by atoms with Crippen LogP contribution in [0.15, 0.2) is 48.8 Å². The number of ether oxygens (including phenoxy) is 1. The molecule has 3 rings (SSSR count). The molecule has 0 aliphatic carbocycles. The van der Waals surface area contributed by atoms with Gasteiger partial charge in [-0.1, -0.05) is 6.07 Å². The summed E-state index contributed by atoms with van der Waals surface area (Å²) in [5.74, 6) is 0.292. The Labute approximate surface area is 144 Å². The molecule has 1 aromatic heterocycles. The van der Waals surface area contributed by atoms with Gasteiger partial charge in [0.25, 0.3) is 11.6 Å². The first-order valence-electron chi connectivity index (χ1n) is 7.92. The van der Waals surface area contributed by atoms with Crippen molar-refractivity contribution in [3.05, 3.63) is 64.5 Å². The number of carbonyl (C=O) groups is 1. The molecule has 1 aromatic carbocycles. The number of nitrogens with one attached hydrogen (secondary N) is 1. The monoisotopic (exact) mass is 342 g/mol. The van der Waals surface area contributed by atoms with Gasteiger partial charge in [0.1, 0.15) is 5.75 Å². The maximum atomic E-state index is 12.6. The van der Waals surface area contributed by atoms with Gasteiger partial charge < -0.3 is 15.0 Å². The normalized spacial score (nSPS) is 17.1. The third-order valence-electron chi connectivity index (χ3n) is 4.04. The zero-order chi connectivity index (χ0) is 17.6. The molecule has 2 heterocycles. The third kappa shape index (κ3) is 4.10. The predicted molar refractivity (Wildman–Crippen MR) is 90.2 cm³/mol. The van der Waals surface area contributed by atoms with Crippen LogP contribution in [0.3, 0.4) is 0 Å². The fourth-order valence-corrected chi connectivity index (χ4v) is 2.77. The number of nitro groups is 1. The van der Waals surface area contributed by atoms with Gasteiger partial charge in [0.05, 0.1) is 11.0 Å². The fourth-order valence-electron chi connectivity index (χ4n) is 2.77. The molecular formula is C17H18N4O4. The van der Waals surface area contributed by atoms with Crippen molar-refractivity contribution >= 4 is 11.6 Å². The molecule has 2 aromatic rings. The minimum absolute atomic E-state index is 0.0163. The Balaban J connectivity index is 1.63. The Morgan fingerprint density at radius 3 is 2.84 bits per heavy atom. The first kappa shape index (κ1) is 16.8. The first-order chi connectivity index (χ1) is 12.1. The van der Waals surface area contributed by atoms with Crippen molar-refractivity contribution < 1.29 is 14.5 Å². The summed E-state index contributed by atoms with van der Waals surface area (Å²) in [5, 5.41) is 13.9. The molecule has 1 saturated heterocycles. The molecule has 8 heteroatoms. The number of nitrogens with zero attached hydrogens (tertiary/aromatic N) is 3. The van der Waals surface area contributed by atoms with Crippen molar-refractivity contribution in [2.45, 2.75) is 6.04 Å². The summed E-state index contributed by atoms with van der Waals surface area (Å²) in [6.07, 6.45) is 3.46. The van der Waals surface area contributed by atoms with Crippen molar-refractivity contribution in [2.75, 3.05) is 26.2 Å². The van der Waals surface area contributed by atoms with Crippen LogP contribution < -0.4 is 10.1 Å². The highest BCUT2D eigenvalue weighted by Crippen LogP contribution is 2.22. The summed E-state index contributed by atoms with van der Waals surface area (Å²) in [7, 11) is 0. The smallest absolute Gasteiger partial charge is 0.269 e. The summed E-state index contributed by atoms with van der Waals surface area (Å²) >= 11 is 0. The molecule has 1 fully saturated rings. The van der Waals surface area contributed by atoms with Crippen molar-refractivity contribution in [1.29, 1.82) is 0 Å². The SMILES string of the molecule is O=C(COc1ccc([N+](=O)[O-])cc1)N1CCNCC1c1cccnc1. The topological polar surface area (TPSA) is 97.6 Å². The fraction of sp³-hybridized carbons (Fsp3) is 0.294. The van der Waals surface area contributed by atoms with Crippen LogP contribution in [0, 0.1) is 10.1 Å². The van der Waals surface area contributed by atoms with E-state index in [1.807, 2.05) is 12.1 Å². The van der Waals surface area contributed by atoms with E-state index in [2.05, 4.69) is 10.3 Å². The van der Waals surface area contributed by atoms with Crippen LogP contribution in [0.5, 0.6) is 5.75 Å². The lowest BCUT2D eigenvalue weighted by atomic mass is 10.1. The van der Waals surface area contributed by atoms with E-state index >= 15 is 0 Å². The Morgan fingerprint density at radius 2 is 2.16 bits per heavy atom. The van der Waals surface area contributed by atoms with Gasteiger partial charge in [-0.2, -0.15) is 0 Å². The Hall–Kier alpha value is -3.00. The predicted octanol–water partition coefficient (Wildman–Crippen LogP) is 1.54. The van der Waals surface area contributed by atoms with E-state index in [4.69, 9.17) is 4.74 Å². The second-order valence-electron chi connectivity index (χ2n) is 5.63. The van der Waals surface area contributed by atoms with Crippen molar-refractivity contribution in [3.8, 4) is 5.75 Å². The van der Waals surface area contributed by atoms with Gasteiger partial charge in [-0.25, -0.2) is 0 Å². The van der Waals surface area contributed by atoms with Gasteiger partial charge in [-0.15, -0.1) is 0 Å². The molecule has 0 spiro atoms. The molecule has 0 radical (unpaired) electrons. The molecule has 1 aliphatic rings. The van der Waals surface area contributed by atoms with E-state index in [1.165, 1.54) is 24.3 Å². The van der Waals surface area contributed by atoms with Crippen LogP contribution in [0.2, 0.25) is 0 Å². The zero-order valence-corrected chi connectivity index (χ0v) is 13.5. The number of hydrogen-bond acceptors (Lipinski definition) is 6. The standard InChI is InChI=1S/C17H18N4O4/c22-17(12-25-15-5-3-14(4-6-15)21(23)24)20-9-8-19-11-16(20)13-2-1-7-18-10-13/h1-7,10,16,19H,8-9,11-12H2. The highest BCUT2D eigenvalue weighted by molar-refractivity contribution is 5.78. The van der Waals surface area contributed by atoms with E-state index in [1.54, 1.807) is 17.3 Å².